The highest BCUT2D eigenvalue weighted by molar-refractivity contribution is 7.98. The second-order valence-electron chi connectivity index (χ2n) is 5.70. The lowest BCUT2D eigenvalue weighted by molar-refractivity contribution is -0.138. The molecule has 0 unspecified atom stereocenters. The number of aromatic nitrogens is 2. The van der Waals surface area contributed by atoms with Crippen LogP contribution in [0.25, 0.3) is 0 Å². The first-order valence-corrected chi connectivity index (χ1v) is 9.59. The molecule has 9 heteroatoms. The summed E-state index contributed by atoms with van der Waals surface area (Å²) < 4.78 is 0. The zero-order valence-corrected chi connectivity index (χ0v) is 15.2. The van der Waals surface area contributed by atoms with Gasteiger partial charge in [0.05, 0.1) is 6.20 Å². The van der Waals surface area contributed by atoms with Crippen molar-refractivity contribution in [3.63, 3.8) is 0 Å². The first-order valence-electron chi connectivity index (χ1n) is 8.19. The first kappa shape index (κ1) is 19.2. The summed E-state index contributed by atoms with van der Waals surface area (Å²) in [4.78, 5) is 46.3. The molecule has 1 aromatic heterocycles. The maximum atomic E-state index is 12.4. The largest absolute Gasteiger partial charge is 0.355 e. The van der Waals surface area contributed by atoms with E-state index in [0.717, 1.165) is 0 Å². The van der Waals surface area contributed by atoms with Crippen molar-refractivity contribution in [2.24, 2.45) is 0 Å². The molecule has 1 saturated heterocycles. The lowest BCUT2D eigenvalue weighted by atomic mass is 10.1. The summed E-state index contributed by atoms with van der Waals surface area (Å²) in [5.74, 6) is 0.0953. The summed E-state index contributed by atoms with van der Waals surface area (Å²) in [7, 11) is 0. The second-order valence-corrected chi connectivity index (χ2v) is 6.68. The Labute approximate surface area is 151 Å². The van der Waals surface area contributed by atoms with Crippen molar-refractivity contribution in [1.29, 1.82) is 0 Å². The van der Waals surface area contributed by atoms with E-state index in [1.165, 1.54) is 18.6 Å². The number of hydrogen-bond acceptors (Lipinski definition) is 6. The molecule has 0 bridgehead atoms. The Kier molecular flexibility index (Phi) is 7.17. The van der Waals surface area contributed by atoms with Gasteiger partial charge in [0.25, 0.3) is 5.91 Å². The van der Waals surface area contributed by atoms with E-state index in [0.29, 0.717) is 31.7 Å². The van der Waals surface area contributed by atoms with Crippen LogP contribution in [-0.2, 0) is 9.59 Å². The van der Waals surface area contributed by atoms with E-state index in [1.807, 2.05) is 13.2 Å². The van der Waals surface area contributed by atoms with Crippen LogP contribution in [0, 0.1) is 0 Å². The predicted molar refractivity (Wildman–Crippen MR) is 95.1 cm³/mol. The van der Waals surface area contributed by atoms with Crippen LogP contribution < -0.4 is 10.6 Å². The minimum Gasteiger partial charge on any atom is -0.355 e. The van der Waals surface area contributed by atoms with E-state index in [1.54, 1.807) is 16.7 Å². The third kappa shape index (κ3) is 5.15. The smallest absolute Gasteiger partial charge is 0.271 e. The van der Waals surface area contributed by atoms with Crippen LogP contribution in [0.4, 0.5) is 0 Å². The fourth-order valence-electron chi connectivity index (χ4n) is 2.77. The highest BCUT2D eigenvalue weighted by atomic mass is 32.2. The fourth-order valence-corrected chi connectivity index (χ4v) is 3.14. The number of rotatable bonds is 7. The van der Waals surface area contributed by atoms with Crippen LogP contribution in [0.1, 0.15) is 30.3 Å². The monoisotopic (exact) mass is 365 g/mol. The number of nitrogens with one attached hydrogen (secondary N) is 2. The van der Waals surface area contributed by atoms with Gasteiger partial charge in [-0.15, -0.1) is 0 Å². The van der Waals surface area contributed by atoms with Gasteiger partial charge in [0, 0.05) is 43.7 Å². The normalized spacial score (nSPS) is 19.5. The van der Waals surface area contributed by atoms with Gasteiger partial charge in [0.1, 0.15) is 11.7 Å². The standard InChI is InChI=1S/C16H23N5O3S/c1-3-18-16(24)13-8-11(10-21(13)14(22)4-7-25-2)20-15(23)12-9-17-5-6-19-12/h5-6,9,11,13H,3-4,7-8,10H2,1-2H3,(H,18,24)(H,20,23)/t11-,13-/m0/s1. The maximum absolute atomic E-state index is 12.4. The Bertz CT molecular complexity index is 613. The number of carbonyl (C=O) groups is 3. The topological polar surface area (TPSA) is 104 Å². The van der Waals surface area contributed by atoms with Crippen molar-refractivity contribution >= 4 is 29.5 Å². The van der Waals surface area contributed by atoms with Crippen molar-refractivity contribution in [3.8, 4) is 0 Å². The molecule has 0 saturated carbocycles. The molecule has 136 valence electrons. The third-order valence-corrected chi connectivity index (χ3v) is 4.54. The summed E-state index contributed by atoms with van der Waals surface area (Å²) >= 11 is 1.58. The number of hydrogen-bond donors (Lipinski definition) is 2. The molecule has 2 heterocycles. The number of nitrogens with zero attached hydrogens (tertiary/aromatic N) is 3. The summed E-state index contributed by atoms with van der Waals surface area (Å²) in [6, 6.07) is -0.846. The van der Waals surface area contributed by atoms with Crippen molar-refractivity contribution in [2.45, 2.75) is 31.8 Å². The molecule has 3 amide bonds. The minimum absolute atomic E-state index is 0.0677. The van der Waals surface area contributed by atoms with Gasteiger partial charge in [0.2, 0.25) is 11.8 Å². The van der Waals surface area contributed by atoms with E-state index < -0.39 is 6.04 Å². The number of likely N-dealkylation sites (tertiary alicyclic amines) is 1. The molecule has 1 fully saturated rings. The third-order valence-electron chi connectivity index (χ3n) is 3.93. The molecule has 1 aliphatic heterocycles. The molecule has 1 aromatic rings. The van der Waals surface area contributed by atoms with E-state index >= 15 is 0 Å². The molecule has 0 aliphatic carbocycles. The van der Waals surface area contributed by atoms with Gasteiger partial charge in [-0.3, -0.25) is 19.4 Å². The van der Waals surface area contributed by atoms with Crippen molar-refractivity contribution in [2.75, 3.05) is 25.1 Å². The Hall–Kier alpha value is -2.16. The molecule has 0 radical (unpaired) electrons. The van der Waals surface area contributed by atoms with Crippen LogP contribution in [0.2, 0.25) is 0 Å². The van der Waals surface area contributed by atoms with Crippen LogP contribution in [0.15, 0.2) is 18.6 Å². The molecule has 2 atom stereocenters. The molecule has 2 rings (SSSR count). The van der Waals surface area contributed by atoms with Crippen LogP contribution >= 0.6 is 11.8 Å². The van der Waals surface area contributed by atoms with Gasteiger partial charge >= 0.3 is 0 Å². The van der Waals surface area contributed by atoms with Crippen molar-refractivity contribution < 1.29 is 14.4 Å². The molecule has 0 spiro atoms. The van der Waals surface area contributed by atoms with Gasteiger partial charge in [-0.05, 0) is 19.6 Å². The first-order chi connectivity index (χ1) is 12.1. The zero-order chi connectivity index (χ0) is 18.2. The van der Waals surface area contributed by atoms with Crippen LogP contribution in [0.5, 0.6) is 0 Å². The maximum Gasteiger partial charge on any atom is 0.271 e. The minimum atomic E-state index is -0.554. The number of likely N-dealkylation sites (N-methyl/N-ethyl adjacent to an activating group) is 1. The van der Waals surface area contributed by atoms with Gasteiger partial charge < -0.3 is 15.5 Å². The van der Waals surface area contributed by atoms with Gasteiger partial charge in [-0.25, -0.2) is 4.98 Å². The quantitative estimate of drug-likeness (QED) is 0.708. The Morgan fingerprint density at radius 2 is 2.16 bits per heavy atom. The van der Waals surface area contributed by atoms with Crippen molar-refractivity contribution in [1.82, 2.24) is 25.5 Å². The van der Waals surface area contributed by atoms with Crippen LogP contribution in [-0.4, -0.2) is 69.8 Å². The predicted octanol–water partition coefficient (Wildman–Crippen LogP) is 0.0651. The lowest BCUT2D eigenvalue weighted by Crippen LogP contribution is -2.46. The van der Waals surface area contributed by atoms with E-state index in [-0.39, 0.29) is 29.5 Å². The second kappa shape index (κ2) is 9.36. The zero-order valence-electron chi connectivity index (χ0n) is 14.4. The van der Waals surface area contributed by atoms with Crippen molar-refractivity contribution in [3.05, 3.63) is 24.3 Å². The van der Waals surface area contributed by atoms with Gasteiger partial charge in [-0.1, -0.05) is 0 Å². The summed E-state index contributed by atoms with van der Waals surface area (Å²) in [5, 5.41) is 5.60. The van der Waals surface area contributed by atoms with Crippen LogP contribution in [0.3, 0.4) is 0 Å². The summed E-state index contributed by atoms with van der Waals surface area (Å²) in [6.07, 6.45) is 7.02. The molecule has 0 aromatic carbocycles. The number of carbonyl (C=O) groups excluding carboxylic acids is 3. The number of thioether (sulfide) groups is 1. The highest BCUT2D eigenvalue weighted by Gasteiger charge is 2.39. The van der Waals surface area contributed by atoms with E-state index in [2.05, 4.69) is 20.6 Å². The Balaban J connectivity index is 2.04. The Morgan fingerprint density at radius 1 is 1.36 bits per heavy atom. The fraction of sp³-hybridized carbons (Fsp3) is 0.562. The molecule has 1 aliphatic rings. The molecular formula is C16H23N5O3S. The Morgan fingerprint density at radius 3 is 2.80 bits per heavy atom. The summed E-state index contributed by atoms with van der Waals surface area (Å²) in [6.45, 7) is 2.65. The molecule has 2 N–H and O–H groups in total. The highest BCUT2D eigenvalue weighted by Crippen LogP contribution is 2.20. The molecule has 25 heavy (non-hydrogen) atoms. The molecule has 8 nitrogen and oxygen atoms in total. The number of amides is 3. The SMILES string of the molecule is CCNC(=O)[C@@H]1C[C@H](NC(=O)c2cnccn2)CN1C(=O)CCSC. The van der Waals surface area contributed by atoms with Gasteiger partial charge in [0.15, 0.2) is 0 Å². The lowest BCUT2D eigenvalue weighted by Gasteiger charge is -2.23. The molecular weight excluding hydrogens is 342 g/mol. The van der Waals surface area contributed by atoms with E-state index in [9.17, 15) is 14.4 Å². The van der Waals surface area contributed by atoms with Gasteiger partial charge in [-0.2, -0.15) is 11.8 Å². The average Bonchev–Trinajstić information content (AvgIpc) is 3.04. The average molecular weight is 365 g/mol. The summed E-state index contributed by atoms with van der Waals surface area (Å²) in [5.41, 5.74) is 0.212. The van der Waals surface area contributed by atoms with E-state index in [4.69, 9.17) is 0 Å².